The highest BCUT2D eigenvalue weighted by atomic mass is 19.1. The number of imidazole rings is 1. The number of hydrogen-bond donors (Lipinski definition) is 1. The van der Waals surface area contributed by atoms with Crippen molar-refractivity contribution in [3.05, 3.63) is 65.8 Å². The number of benzene rings is 2. The van der Waals surface area contributed by atoms with E-state index in [0.717, 1.165) is 11.1 Å². The smallest absolute Gasteiger partial charge is 0.166 e. The van der Waals surface area contributed by atoms with Gasteiger partial charge in [-0.1, -0.05) is 12.0 Å². The van der Waals surface area contributed by atoms with Gasteiger partial charge in [-0.3, -0.25) is 0 Å². The fraction of sp³-hybridized carbons (Fsp3) is 0.167. The number of nitriles is 1. The number of aromatic amines is 1. The molecule has 6 heteroatoms. The van der Waals surface area contributed by atoms with Crippen LogP contribution in [0.3, 0.4) is 0 Å². The molecular weight excluding hydrogens is 381 g/mol. The van der Waals surface area contributed by atoms with E-state index in [1.807, 2.05) is 13.0 Å². The Morgan fingerprint density at radius 2 is 2.17 bits per heavy atom. The maximum absolute atomic E-state index is 13.5. The van der Waals surface area contributed by atoms with Gasteiger partial charge in [0.2, 0.25) is 0 Å². The zero-order valence-electron chi connectivity index (χ0n) is 16.5. The van der Waals surface area contributed by atoms with Gasteiger partial charge < -0.3 is 14.5 Å². The molecule has 0 unspecified atom stereocenters. The average molecular weight is 401 g/mol. The summed E-state index contributed by atoms with van der Waals surface area (Å²) >= 11 is 0. The SMILES string of the molecule is C#CCOc1c(CC=C)cc(/C=C(/C#N)c2nc3ccc(F)cc3[nH]2)cc1OCC. The molecule has 1 N–H and O–H groups in total. The van der Waals surface area contributed by atoms with Gasteiger partial charge in [0.05, 0.1) is 23.2 Å². The molecule has 0 bridgehead atoms. The molecule has 2 aromatic carbocycles. The average Bonchev–Trinajstić information content (AvgIpc) is 3.15. The van der Waals surface area contributed by atoms with Crippen LogP contribution in [-0.4, -0.2) is 23.2 Å². The van der Waals surface area contributed by atoms with Crippen LogP contribution in [0.25, 0.3) is 22.7 Å². The summed E-state index contributed by atoms with van der Waals surface area (Å²) in [7, 11) is 0. The van der Waals surface area contributed by atoms with Crippen molar-refractivity contribution in [3.8, 4) is 29.9 Å². The molecule has 0 aliphatic rings. The molecule has 0 atom stereocenters. The standard InChI is InChI=1S/C24H20FN3O2/c1-4-7-17-11-16(13-22(29-6-3)23(17)30-10-5-2)12-18(15-26)24-27-20-9-8-19(25)14-21(20)28-24/h2,4,8-9,11-14H,1,6-7,10H2,3H3,(H,27,28)/b18-12-. The minimum absolute atomic E-state index is 0.110. The molecule has 0 saturated carbocycles. The third-order valence-corrected chi connectivity index (χ3v) is 4.25. The minimum atomic E-state index is -0.377. The summed E-state index contributed by atoms with van der Waals surface area (Å²) in [4.78, 5) is 7.38. The molecular formula is C24H20FN3O2. The Morgan fingerprint density at radius 3 is 2.87 bits per heavy atom. The normalized spacial score (nSPS) is 11.0. The molecule has 0 radical (unpaired) electrons. The summed E-state index contributed by atoms with van der Waals surface area (Å²) in [5.74, 6) is 3.52. The number of ether oxygens (including phenoxy) is 2. The number of hydrogen-bond acceptors (Lipinski definition) is 4. The van der Waals surface area contributed by atoms with Crippen molar-refractivity contribution >= 4 is 22.7 Å². The maximum atomic E-state index is 13.5. The van der Waals surface area contributed by atoms with Crippen LogP contribution < -0.4 is 9.47 Å². The number of H-pyrrole nitrogens is 1. The number of allylic oxidation sites excluding steroid dienone is 2. The number of fused-ring (bicyclic) bond motifs is 1. The van der Waals surface area contributed by atoms with Crippen molar-refractivity contribution < 1.29 is 13.9 Å². The first-order chi connectivity index (χ1) is 14.6. The molecule has 0 amide bonds. The molecule has 0 fully saturated rings. The third kappa shape index (κ3) is 4.51. The van der Waals surface area contributed by atoms with Crippen LogP contribution in [0.2, 0.25) is 0 Å². The van der Waals surface area contributed by atoms with Crippen LogP contribution in [-0.2, 0) is 6.42 Å². The second-order valence-electron chi connectivity index (χ2n) is 6.34. The van der Waals surface area contributed by atoms with Crippen LogP contribution in [0.4, 0.5) is 4.39 Å². The minimum Gasteiger partial charge on any atom is -0.490 e. The molecule has 0 saturated heterocycles. The third-order valence-electron chi connectivity index (χ3n) is 4.25. The van der Waals surface area contributed by atoms with Gasteiger partial charge in [0, 0.05) is 5.56 Å². The molecule has 3 rings (SSSR count). The lowest BCUT2D eigenvalue weighted by molar-refractivity contribution is 0.297. The zero-order valence-corrected chi connectivity index (χ0v) is 16.5. The van der Waals surface area contributed by atoms with Crippen LogP contribution in [0.5, 0.6) is 11.5 Å². The van der Waals surface area contributed by atoms with Gasteiger partial charge in [-0.2, -0.15) is 5.26 Å². The highest BCUT2D eigenvalue weighted by Gasteiger charge is 2.14. The van der Waals surface area contributed by atoms with Crippen molar-refractivity contribution in [2.24, 2.45) is 0 Å². The van der Waals surface area contributed by atoms with Gasteiger partial charge in [-0.05, 0) is 55.3 Å². The molecule has 150 valence electrons. The molecule has 0 aliphatic heterocycles. The lowest BCUT2D eigenvalue weighted by Gasteiger charge is -2.15. The highest BCUT2D eigenvalue weighted by Crippen LogP contribution is 2.35. The zero-order chi connectivity index (χ0) is 21.5. The first kappa shape index (κ1) is 20.7. The Bertz CT molecular complexity index is 1200. The van der Waals surface area contributed by atoms with Crippen molar-refractivity contribution in [3.63, 3.8) is 0 Å². The van der Waals surface area contributed by atoms with Gasteiger partial charge in [0.1, 0.15) is 24.3 Å². The summed E-state index contributed by atoms with van der Waals surface area (Å²) in [6.45, 7) is 6.21. The molecule has 5 nitrogen and oxygen atoms in total. The molecule has 30 heavy (non-hydrogen) atoms. The van der Waals surface area contributed by atoms with Crippen LogP contribution in [0.15, 0.2) is 43.0 Å². The summed E-state index contributed by atoms with van der Waals surface area (Å²) in [5.41, 5.74) is 2.96. The van der Waals surface area contributed by atoms with E-state index in [-0.39, 0.29) is 12.4 Å². The molecule has 3 aromatic rings. The summed E-state index contributed by atoms with van der Waals surface area (Å²) in [6, 6.07) is 10.0. The van der Waals surface area contributed by atoms with E-state index in [4.69, 9.17) is 15.9 Å². The van der Waals surface area contributed by atoms with E-state index < -0.39 is 0 Å². The van der Waals surface area contributed by atoms with Gasteiger partial charge in [-0.25, -0.2) is 9.37 Å². The van der Waals surface area contributed by atoms with E-state index in [9.17, 15) is 9.65 Å². The van der Waals surface area contributed by atoms with E-state index in [0.29, 0.717) is 47.0 Å². The van der Waals surface area contributed by atoms with Crippen LogP contribution in [0, 0.1) is 29.5 Å². The van der Waals surface area contributed by atoms with Gasteiger partial charge in [0.25, 0.3) is 0 Å². The lowest BCUT2D eigenvalue weighted by Crippen LogP contribution is -2.03. The van der Waals surface area contributed by atoms with Gasteiger partial charge in [-0.15, -0.1) is 13.0 Å². The highest BCUT2D eigenvalue weighted by molar-refractivity contribution is 5.90. The molecule has 0 aliphatic carbocycles. The fourth-order valence-corrected chi connectivity index (χ4v) is 3.04. The first-order valence-electron chi connectivity index (χ1n) is 9.33. The molecule has 1 heterocycles. The largest absolute Gasteiger partial charge is 0.490 e. The van der Waals surface area contributed by atoms with Crippen LogP contribution >= 0.6 is 0 Å². The number of rotatable bonds is 8. The van der Waals surface area contributed by atoms with Crippen molar-refractivity contribution in [1.29, 1.82) is 5.26 Å². The Kier molecular flexibility index (Phi) is 6.52. The Labute approximate surface area is 174 Å². The van der Waals surface area contributed by atoms with Crippen molar-refractivity contribution in [1.82, 2.24) is 9.97 Å². The summed E-state index contributed by atoms with van der Waals surface area (Å²) in [5, 5.41) is 9.69. The Balaban J connectivity index is 2.09. The maximum Gasteiger partial charge on any atom is 0.166 e. The van der Waals surface area contributed by atoms with E-state index in [1.54, 1.807) is 24.3 Å². The van der Waals surface area contributed by atoms with E-state index >= 15 is 0 Å². The number of aromatic nitrogens is 2. The second-order valence-corrected chi connectivity index (χ2v) is 6.34. The number of halogens is 1. The molecule has 0 spiro atoms. The molecule has 1 aromatic heterocycles. The first-order valence-corrected chi connectivity index (χ1v) is 9.33. The lowest BCUT2D eigenvalue weighted by atomic mass is 10.0. The van der Waals surface area contributed by atoms with Crippen molar-refractivity contribution in [2.75, 3.05) is 13.2 Å². The number of nitrogens with one attached hydrogen (secondary N) is 1. The summed E-state index contributed by atoms with van der Waals surface area (Å²) in [6.07, 6.45) is 9.30. The number of nitrogens with zero attached hydrogens (tertiary/aromatic N) is 2. The van der Waals surface area contributed by atoms with Crippen molar-refractivity contribution in [2.45, 2.75) is 13.3 Å². The monoisotopic (exact) mass is 401 g/mol. The summed E-state index contributed by atoms with van der Waals surface area (Å²) < 4.78 is 24.9. The predicted octanol–water partition coefficient (Wildman–Crippen LogP) is 4.91. The van der Waals surface area contributed by atoms with Crippen LogP contribution in [0.1, 0.15) is 23.9 Å². The quantitative estimate of drug-likeness (QED) is 0.331. The number of terminal acetylenes is 1. The predicted molar refractivity (Wildman–Crippen MR) is 115 cm³/mol. The fourth-order valence-electron chi connectivity index (χ4n) is 3.04. The second kappa shape index (κ2) is 9.45. The Morgan fingerprint density at radius 1 is 1.33 bits per heavy atom. The van der Waals surface area contributed by atoms with E-state index in [1.165, 1.54) is 12.1 Å². The van der Waals surface area contributed by atoms with Gasteiger partial charge in [0.15, 0.2) is 11.5 Å². The van der Waals surface area contributed by atoms with E-state index in [2.05, 4.69) is 28.5 Å². The Hall–Kier alpha value is -4.03. The topological polar surface area (TPSA) is 70.9 Å². The van der Waals surface area contributed by atoms with Gasteiger partial charge >= 0.3 is 0 Å².